The Morgan fingerprint density at radius 2 is 2.17 bits per heavy atom. The van der Waals surface area contributed by atoms with Gasteiger partial charge in [0.15, 0.2) is 0 Å². The molecule has 0 saturated heterocycles. The van der Waals surface area contributed by atoms with Crippen molar-refractivity contribution in [3.8, 4) is 0 Å². The third kappa shape index (κ3) is 2.97. The first kappa shape index (κ1) is 12.4. The molecule has 0 bridgehead atoms. The van der Waals surface area contributed by atoms with Crippen molar-refractivity contribution in [2.75, 3.05) is 5.32 Å². The Bertz CT molecular complexity index is 545. The molecule has 4 nitrogen and oxygen atoms in total. The van der Waals surface area contributed by atoms with E-state index in [2.05, 4.69) is 22.4 Å². The molecule has 2 rings (SSSR count). The number of aromatic amines is 1. The van der Waals surface area contributed by atoms with Gasteiger partial charge in [0.05, 0.1) is 12.1 Å². The maximum atomic E-state index is 11.9. The predicted molar refractivity (Wildman–Crippen MR) is 71.5 cm³/mol. The van der Waals surface area contributed by atoms with E-state index in [0.29, 0.717) is 6.42 Å². The lowest BCUT2D eigenvalue weighted by molar-refractivity contribution is -0.115. The largest absolute Gasteiger partial charge is 0.325 e. The lowest BCUT2D eigenvalue weighted by Gasteiger charge is -2.08. The molecule has 0 unspecified atom stereocenters. The molecule has 2 N–H and O–H groups in total. The number of nitrogens with zero attached hydrogens (tertiary/aromatic N) is 1. The second kappa shape index (κ2) is 5.49. The number of nitrogens with one attached hydrogen (secondary N) is 2. The summed E-state index contributed by atoms with van der Waals surface area (Å²) in [6, 6.07) is 9.73. The number of amides is 1. The standard InChI is InChI=1S/C14H17N3O/c1-3-11-6-4-5-7-13(11)15-14(18)9-12-8-10(2)16-17-12/h4-8H,3,9H2,1-2H3,(H,15,18)(H,16,17). The molecule has 2 aromatic rings. The summed E-state index contributed by atoms with van der Waals surface area (Å²) < 4.78 is 0. The first-order valence-electron chi connectivity index (χ1n) is 6.07. The summed E-state index contributed by atoms with van der Waals surface area (Å²) >= 11 is 0. The van der Waals surface area contributed by atoms with Gasteiger partial charge in [-0.15, -0.1) is 0 Å². The van der Waals surface area contributed by atoms with E-state index in [4.69, 9.17) is 0 Å². The van der Waals surface area contributed by atoms with Gasteiger partial charge in [-0.25, -0.2) is 0 Å². The summed E-state index contributed by atoms with van der Waals surface area (Å²) in [4.78, 5) is 11.9. The number of carbonyl (C=O) groups is 1. The van der Waals surface area contributed by atoms with Crippen LogP contribution in [0.5, 0.6) is 0 Å². The number of aromatic nitrogens is 2. The van der Waals surface area contributed by atoms with Gasteiger partial charge in [0.1, 0.15) is 0 Å². The van der Waals surface area contributed by atoms with Crippen LogP contribution in [0.4, 0.5) is 5.69 Å². The summed E-state index contributed by atoms with van der Waals surface area (Å²) in [6.45, 7) is 3.99. The van der Waals surface area contributed by atoms with Gasteiger partial charge in [-0.3, -0.25) is 9.89 Å². The molecular formula is C14H17N3O. The first-order chi connectivity index (χ1) is 8.69. The number of rotatable bonds is 4. The van der Waals surface area contributed by atoms with Crippen LogP contribution in [-0.4, -0.2) is 16.1 Å². The molecule has 0 saturated carbocycles. The molecule has 18 heavy (non-hydrogen) atoms. The zero-order chi connectivity index (χ0) is 13.0. The van der Waals surface area contributed by atoms with E-state index in [9.17, 15) is 4.79 Å². The van der Waals surface area contributed by atoms with Crippen LogP contribution in [0, 0.1) is 6.92 Å². The number of benzene rings is 1. The molecule has 1 heterocycles. The molecule has 0 radical (unpaired) electrons. The number of carbonyl (C=O) groups excluding carboxylic acids is 1. The van der Waals surface area contributed by atoms with E-state index in [1.54, 1.807) is 0 Å². The molecular weight excluding hydrogens is 226 g/mol. The quantitative estimate of drug-likeness (QED) is 0.866. The monoisotopic (exact) mass is 243 g/mol. The number of aryl methyl sites for hydroxylation is 2. The number of anilines is 1. The third-order valence-corrected chi connectivity index (χ3v) is 2.77. The van der Waals surface area contributed by atoms with Gasteiger partial charge < -0.3 is 5.32 Å². The molecule has 1 aromatic carbocycles. The summed E-state index contributed by atoms with van der Waals surface area (Å²) in [5, 5.41) is 9.81. The molecule has 0 aliphatic heterocycles. The van der Waals surface area contributed by atoms with Gasteiger partial charge in [-0.05, 0) is 31.0 Å². The van der Waals surface area contributed by atoms with E-state index >= 15 is 0 Å². The molecule has 94 valence electrons. The highest BCUT2D eigenvalue weighted by molar-refractivity contribution is 5.92. The Morgan fingerprint density at radius 1 is 1.39 bits per heavy atom. The SMILES string of the molecule is CCc1ccccc1NC(=O)Cc1cc(C)[nH]n1. The maximum absolute atomic E-state index is 11.9. The molecule has 0 fully saturated rings. The number of hydrogen-bond donors (Lipinski definition) is 2. The fraction of sp³-hybridized carbons (Fsp3) is 0.286. The van der Waals surface area contributed by atoms with Crippen molar-refractivity contribution in [1.29, 1.82) is 0 Å². The predicted octanol–water partition coefficient (Wildman–Crippen LogP) is 2.46. The fourth-order valence-corrected chi connectivity index (χ4v) is 1.87. The number of para-hydroxylation sites is 1. The van der Waals surface area contributed by atoms with Gasteiger partial charge in [0.25, 0.3) is 0 Å². The molecule has 0 aliphatic rings. The Labute approximate surface area is 106 Å². The van der Waals surface area contributed by atoms with Gasteiger partial charge in [-0.1, -0.05) is 25.1 Å². The first-order valence-corrected chi connectivity index (χ1v) is 6.07. The van der Waals surface area contributed by atoms with Crippen molar-refractivity contribution in [1.82, 2.24) is 10.2 Å². The van der Waals surface area contributed by atoms with Crippen molar-refractivity contribution in [3.63, 3.8) is 0 Å². The topological polar surface area (TPSA) is 57.8 Å². The van der Waals surface area contributed by atoms with Crippen LogP contribution < -0.4 is 5.32 Å². The van der Waals surface area contributed by atoms with Crippen LogP contribution in [0.1, 0.15) is 23.9 Å². The lowest BCUT2D eigenvalue weighted by Crippen LogP contribution is -2.15. The third-order valence-electron chi connectivity index (χ3n) is 2.77. The Morgan fingerprint density at radius 3 is 2.83 bits per heavy atom. The van der Waals surface area contributed by atoms with Gasteiger partial charge in [0.2, 0.25) is 5.91 Å². The van der Waals surface area contributed by atoms with Crippen molar-refractivity contribution < 1.29 is 4.79 Å². The molecule has 1 aromatic heterocycles. The highest BCUT2D eigenvalue weighted by Gasteiger charge is 2.08. The van der Waals surface area contributed by atoms with Crippen molar-refractivity contribution in [2.24, 2.45) is 0 Å². The van der Waals surface area contributed by atoms with Crippen LogP contribution in [0.15, 0.2) is 30.3 Å². The summed E-state index contributed by atoms with van der Waals surface area (Å²) in [5.74, 6) is -0.0394. The second-order valence-electron chi connectivity index (χ2n) is 4.28. The number of H-pyrrole nitrogens is 1. The van der Waals surface area contributed by atoms with Gasteiger partial charge in [0, 0.05) is 11.4 Å². The summed E-state index contributed by atoms with van der Waals surface area (Å²) in [6.07, 6.45) is 1.19. The van der Waals surface area contributed by atoms with Crippen molar-refractivity contribution in [2.45, 2.75) is 26.7 Å². The minimum Gasteiger partial charge on any atom is -0.325 e. The van der Waals surface area contributed by atoms with Gasteiger partial charge >= 0.3 is 0 Å². The van der Waals surface area contributed by atoms with E-state index in [-0.39, 0.29) is 5.91 Å². The zero-order valence-electron chi connectivity index (χ0n) is 10.7. The maximum Gasteiger partial charge on any atom is 0.230 e. The summed E-state index contributed by atoms with van der Waals surface area (Å²) in [7, 11) is 0. The Kier molecular flexibility index (Phi) is 3.77. The van der Waals surface area contributed by atoms with Crippen LogP contribution in [0.2, 0.25) is 0 Å². The summed E-state index contributed by atoms with van der Waals surface area (Å²) in [5.41, 5.74) is 3.76. The van der Waals surface area contributed by atoms with E-state index < -0.39 is 0 Å². The molecule has 0 aliphatic carbocycles. The average Bonchev–Trinajstić information content (AvgIpc) is 2.75. The smallest absolute Gasteiger partial charge is 0.230 e. The van der Waals surface area contributed by atoms with E-state index in [1.807, 2.05) is 37.3 Å². The highest BCUT2D eigenvalue weighted by atomic mass is 16.1. The molecule has 0 atom stereocenters. The number of hydrogen-bond acceptors (Lipinski definition) is 2. The Balaban J connectivity index is 2.03. The van der Waals surface area contributed by atoms with E-state index in [1.165, 1.54) is 0 Å². The fourth-order valence-electron chi connectivity index (χ4n) is 1.87. The molecule has 0 spiro atoms. The molecule has 1 amide bonds. The normalized spacial score (nSPS) is 10.3. The highest BCUT2D eigenvalue weighted by Crippen LogP contribution is 2.15. The van der Waals surface area contributed by atoms with Crippen LogP contribution >= 0.6 is 0 Å². The second-order valence-corrected chi connectivity index (χ2v) is 4.28. The lowest BCUT2D eigenvalue weighted by atomic mass is 10.1. The minimum atomic E-state index is -0.0394. The van der Waals surface area contributed by atoms with Crippen LogP contribution in [0.25, 0.3) is 0 Å². The van der Waals surface area contributed by atoms with Crippen LogP contribution in [0.3, 0.4) is 0 Å². The minimum absolute atomic E-state index is 0.0394. The zero-order valence-corrected chi connectivity index (χ0v) is 10.7. The Hall–Kier alpha value is -2.10. The molecule has 4 heteroatoms. The van der Waals surface area contributed by atoms with Crippen molar-refractivity contribution >= 4 is 11.6 Å². The van der Waals surface area contributed by atoms with Crippen LogP contribution in [-0.2, 0) is 17.6 Å². The average molecular weight is 243 g/mol. The van der Waals surface area contributed by atoms with Crippen molar-refractivity contribution in [3.05, 3.63) is 47.3 Å². The van der Waals surface area contributed by atoms with Gasteiger partial charge in [-0.2, -0.15) is 5.10 Å². The van der Waals surface area contributed by atoms with E-state index in [0.717, 1.165) is 29.1 Å².